The maximum absolute atomic E-state index is 11.4. The van der Waals surface area contributed by atoms with Crippen LogP contribution >= 0.6 is 0 Å². The van der Waals surface area contributed by atoms with Crippen molar-refractivity contribution in [3.05, 3.63) is 0 Å². The molecule has 1 aliphatic carbocycles. The second kappa shape index (κ2) is 4.49. The fourth-order valence-corrected chi connectivity index (χ4v) is 2.22. The van der Waals surface area contributed by atoms with E-state index in [4.69, 9.17) is 4.74 Å². The van der Waals surface area contributed by atoms with Crippen LogP contribution in [0.3, 0.4) is 0 Å². The molecular weight excluding hydrogens is 194 g/mol. The van der Waals surface area contributed by atoms with Crippen LogP contribution < -0.4 is 0 Å². The molecule has 4 nitrogen and oxygen atoms in total. The number of esters is 1. The van der Waals surface area contributed by atoms with E-state index < -0.39 is 6.10 Å². The molecule has 1 saturated heterocycles. The average molecular weight is 213 g/mol. The van der Waals surface area contributed by atoms with Crippen LogP contribution in [0.4, 0.5) is 0 Å². The third-order valence-electron chi connectivity index (χ3n) is 3.38. The van der Waals surface area contributed by atoms with E-state index in [1.54, 1.807) is 0 Å². The Hall–Kier alpha value is -0.610. The highest BCUT2D eigenvalue weighted by Crippen LogP contribution is 2.31. The molecule has 0 bridgehead atoms. The number of ether oxygens (including phenoxy) is 1. The second-order valence-electron chi connectivity index (χ2n) is 4.69. The van der Waals surface area contributed by atoms with Gasteiger partial charge in [-0.15, -0.1) is 0 Å². The van der Waals surface area contributed by atoms with Crippen molar-refractivity contribution in [3.63, 3.8) is 0 Å². The van der Waals surface area contributed by atoms with Crippen molar-refractivity contribution in [2.75, 3.05) is 26.7 Å². The lowest BCUT2D eigenvalue weighted by Gasteiger charge is -2.34. The normalized spacial score (nSPS) is 32.7. The summed E-state index contributed by atoms with van der Waals surface area (Å²) in [5, 5.41) is 9.71. The maximum Gasteiger partial charge on any atom is 0.312 e. The van der Waals surface area contributed by atoms with Gasteiger partial charge in [-0.2, -0.15) is 0 Å². The van der Waals surface area contributed by atoms with Crippen molar-refractivity contribution in [3.8, 4) is 0 Å². The topological polar surface area (TPSA) is 49.8 Å². The van der Waals surface area contributed by atoms with Gasteiger partial charge in [0.05, 0.1) is 19.1 Å². The summed E-state index contributed by atoms with van der Waals surface area (Å²) in [5.74, 6) is 0.212. The first-order valence-corrected chi connectivity index (χ1v) is 5.69. The van der Waals surface area contributed by atoms with Crippen molar-refractivity contribution in [1.29, 1.82) is 0 Å². The van der Waals surface area contributed by atoms with Gasteiger partial charge in [-0.25, -0.2) is 0 Å². The molecule has 1 N–H and O–H groups in total. The van der Waals surface area contributed by atoms with E-state index in [1.165, 1.54) is 20.0 Å². The van der Waals surface area contributed by atoms with Crippen LogP contribution in [-0.2, 0) is 9.53 Å². The summed E-state index contributed by atoms with van der Waals surface area (Å²) in [6.07, 6.45) is 2.81. The Morgan fingerprint density at radius 1 is 1.47 bits per heavy atom. The number of carbonyl (C=O) groups is 1. The van der Waals surface area contributed by atoms with Gasteiger partial charge in [0.2, 0.25) is 0 Å². The standard InChI is InChI=1S/C11H19NO3/c1-15-11(14)9-7-12(5-4-10(9)13)6-8-2-3-8/h8-10,13H,2-7H2,1H3. The Labute approximate surface area is 90.2 Å². The summed E-state index contributed by atoms with van der Waals surface area (Å²) >= 11 is 0. The molecule has 1 saturated carbocycles. The fourth-order valence-electron chi connectivity index (χ4n) is 2.22. The molecule has 2 fully saturated rings. The Bertz CT molecular complexity index is 240. The molecule has 1 heterocycles. The highest BCUT2D eigenvalue weighted by Gasteiger charge is 2.35. The number of nitrogens with zero attached hydrogens (tertiary/aromatic N) is 1. The number of rotatable bonds is 3. The quantitative estimate of drug-likeness (QED) is 0.683. The Balaban J connectivity index is 1.87. The Kier molecular flexibility index (Phi) is 3.26. The zero-order valence-corrected chi connectivity index (χ0v) is 9.19. The third-order valence-corrected chi connectivity index (χ3v) is 3.38. The monoisotopic (exact) mass is 213 g/mol. The molecule has 2 atom stereocenters. The number of likely N-dealkylation sites (tertiary alicyclic amines) is 1. The zero-order chi connectivity index (χ0) is 10.8. The van der Waals surface area contributed by atoms with Crippen molar-refractivity contribution in [2.45, 2.75) is 25.4 Å². The summed E-state index contributed by atoms with van der Waals surface area (Å²) < 4.78 is 4.70. The van der Waals surface area contributed by atoms with Gasteiger partial charge in [-0.1, -0.05) is 0 Å². The Morgan fingerprint density at radius 3 is 2.80 bits per heavy atom. The molecule has 86 valence electrons. The third kappa shape index (κ3) is 2.69. The molecular formula is C11H19NO3. The van der Waals surface area contributed by atoms with Gasteiger partial charge in [0.1, 0.15) is 0 Å². The highest BCUT2D eigenvalue weighted by atomic mass is 16.5. The molecule has 2 rings (SSSR count). The number of piperidine rings is 1. The number of hydrogen-bond acceptors (Lipinski definition) is 4. The fraction of sp³-hybridized carbons (Fsp3) is 0.909. The first kappa shape index (κ1) is 10.9. The first-order chi connectivity index (χ1) is 7.20. The van der Waals surface area contributed by atoms with Crippen molar-refractivity contribution in [2.24, 2.45) is 11.8 Å². The lowest BCUT2D eigenvalue weighted by molar-refractivity contribution is -0.152. The van der Waals surface area contributed by atoms with Crippen molar-refractivity contribution >= 4 is 5.97 Å². The lowest BCUT2D eigenvalue weighted by Crippen LogP contribution is -2.47. The SMILES string of the molecule is COC(=O)C1CN(CC2CC2)CCC1O. The van der Waals surface area contributed by atoms with E-state index in [-0.39, 0.29) is 11.9 Å². The molecule has 0 amide bonds. The molecule has 0 aromatic carbocycles. The van der Waals surface area contributed by atoms with E-state index in [0.717, 1.165) is 19.0 Å². The van der Waals surface area contributed by atoms with Gasteiger partial charge in [0.25, 0.3) is 0 Å². The van der Waals surface area contributed by atoms with E-state index >= 15 is 0 Å². The van der Waals surface area contributed by atoms with Crippen LogP contribution in [0.15, 0.2) is 0 Å². The minimum Gasteiger partial charge on any atom is -0.469 e. The van der Waals surface area contributed by atoms with E-state index in [9.17, 15) is 9.90 Å². The van der Waals surface area contributed by atoms with Crippen molar-refractivity contribution < 1.29 is 14.6 Å². The van der Waals surface area contributed by atoms with E-state index in [2.05, 4.69) is 4.90 Å². The van der Waals surface area contributed by atoms with Crippen LogP contribution in [0.1, 0.15) is 19.3 Å². The molecule has 0 radical (unpaired) electrons. The molecule has 4 heteroatoms. The van der Waals surface area contributed by atoms with Crippen LogP contribution in [-0.4, -0.2) is 48.8 Å². The molecule has 0 aromatic heterocycles. The summed E-state index contributed by atoms with van der Waals surface area (Å²) in [6, 6.07) is 0. The van der Waals surface area contributed by atoms with E-state index in [1.807, 2.05) is 0 Å². The average Bonchev–Trinajstić information content (AvgIpc) is 3.04. The van der Waals surface area contributed by atoms with Gasteiger partial charge in [-0.05, 0) is 25.2 Å². The molecule has 0 aromatic rings. The minimum absolute atomic E-state index is 0.275. The van der Waals surface area contributed by atoms with Gasteiger partial charge in [-0.3, -0.25) is 4.79 Å². The molecule has 2 unspecified atom stereocenters. The molecule has 2 aliphatic rings. The predicted molar refractivity (Wildman–Crippen MR) is 55.3 cm³/mol. The summed E-state index contributed by atoms with van der Waals surface area (Å²) in [5.41, 5.74) is 0. The minimum atomic E-state index is -0.520. The summed E-state index contributed by atoms with van der Waals surface area (Å²) in [7, 11) is 1.38. The lowest BCUT2D eigenvalue weighted by atomic mass is 9.94. The van der Waals surface area contributed by atoms with Crippen LogP contribution in [0.2, 0.25) is 0 Å². The zero-order valence-electron chi connectivity index (χ0n) is 9.19. The summed E-state index contributed by atoms with van der Waals surface area (Å²) in [6.45, 7) is 2.65. The first-order valence-electron chi connectivity index (χ1n) is 5.69. The van der Waals surface area contributed by atoms with Crippen LogP contribution in [0.25, 0.3) is 0 Å². The molecule has 15 heavy (non-hydrogen) atoms. The van der Waals surface area contributed by atoms with Gasteiger partial charge >= 0.3 is 5.97 Å². The van der Waals surface area contributed by atoms with Crippen LogP contribution in [0, 0.1) is 11.8 Å². The molecule has 0 spiro atoms. The second-order valence-corrected chi connectivity index (χ2v) is 4.69. The maximum atomic E-state index is 11.4. The largest absolute Gasteiger partial charge is 0.469 e. The van der Waals surface area contributed by atoms with Gasteiger partial charge < -0.3 is 14.7 Å². The summed E-state index contributed by atoms with van der Waals surface area (Å²) in [4.78, 5) is 13.7. The van der Waals surface area contributed by atoms with E-state index in [0.29, 0.717) is 13.0 Å². The van der Waals surface area contributed by atoms with Crippen LogP contribution in [0.5, 0.6) is 0 Å². The van der Waals surface area contributed by atoms with Crippen molar-refractivity contribution in [1.82, 2.24) is 4.90 Å². The highest BCUT2D eigenvalue weighted by molar-refractivity contribution is 5.73. The Morgan fingerprint density at radius 2 is 2.20 bits per heavy atom. The number of carbonyl (C=O) groups excluding carboxylic acids is 1. The molecule has 1 aliphatic heterocycles. The number of hydrogen-bond donors (Lipinski definition) is 1. The number of aliphatic hydroxyl groups is 1. The predicted octanol–water partition coefficient (Wildman–Crippen LogP) is 0.252. The number of aliphatic hydroxyl groups excluding tert-OH is 1. The van der Waals surface area contributed by atoms with Gasteiger partial charge in [0.15, 0.2) is 0 Å². The smallest absolute Gasteiger partial charge is 0.312 e. The van der Waals surface area contributed by atoms with Gasteiger partial charge in [0, 0.05) is 19.6 Å². The number of methoxy groups -OCH3 is 1.